The summed E-state index contributed by atoms with van der Waals surface area (Å²) < 4.78 is 42.0. The molecule has 1 aliphatic heterocycles. The number of carbonyl (C=O) groups is 1. The van der Waals surface area contributed by atoms with Crippen LogP contribution in [0.2, 0.25) is 0 Å². The molecule has 1 fully saturated rings. The van der Waals surface area contributed by atoms with Gasteiger partial charge in [-0.25, -0.2) is 8.42 Å². The minimum atomic E-state index is -3.85. The lowest BCUT2D eigenvalue weighted by atomic mass is 10.0. The topological polar surface area (TPSA) is 98.1 Å². The molecule has 0 radical (unpaired) electrons. The normalized spacial score (nSPS) is 15.1. The first kappa shape index (κ1) is 24.8. The molecule has 8 nitrogen and oxygen atoms in total. The number of sulfone groups is 1. The van der Waals surface area contributed by atoms with E-state index in [9.17, 15) is 13.2 Å². The number of ether oxygens (including phenoxy) is 2. The molecule has 0 bridgehead atoms. The van der Waals surface area contributed by atoms with Crippen LogP contribution < -0.4 is 14.8 Å². The molecule has 186 valence electrons. The van der Waals surface area contributed by atoms with Crippen molar-refractivity contribution in [3.8, 4) is 11.5 Å². The van der Waals surface area contributed by atoms with Crippen molar-refractivity contribution in [3.05, 3.63) is 71.5 Å². The van der Waals surface area contributed by atoms with Gasteiger partial charge < -0.3 is 19.2 Å². The molecule has 1 aromatic heterocycles. The third-order valence-corrected chi connectivity index (χ3v) is 7.87. The van der Waals surface area contributed by atoms with Crippen LogP contribution in [-0.2, 0) is 9.84 Å². The van der Waals surface area contributed by atoms with Crippen LogP contribution in [0.1, 0.15) is 40.6 Å². The molecule has 3 aromatic rings. The molecule has 0 aliphatic carbocycles. The van der Waals surface area contributed by atoms with Gasteiger partial charge in [0, 0.05) is 6.54 Å². The number of likely N-dealkylation sites (tertiary alicyclic amines) is 1. The SMILES string of the molecule is COc1ccc(C(CNC(=O)c2ccc(S(=O)(=O)c3ccc(C)cc3)o2)N2CCCC2)cc1OC. The summed E-state index contributed by atoms with van der Waals surface area (Å²) >= 11 is 0. The van der Waals surface area contributed by atoms with Gasteiger partial charge in [-0.3, -0.25) is 9.69 Å². The van der Waals surface area contributed by atoms with E-state index in [1.165, 1.54) is 24.3 Å². The van der Waals surface area contributed by atoms with Crippen LogP contribution in [0, 0.1) is 6.92 Å². The Bertz CT molecular complexity index is 1280. The number of hydrogen-bond donors (Lipinski definition) is 1. The number of methoxy groups -OCH3 is 2. The Hall–Kier alpha value is -3.30. The van der Waals surface area contributed by atoms with Gasteiger partial charge in [-0.1, -0.05) is 23.8 Å². The van der Waals surface area contributed by atoms with Crippen LogP contribution in [0.5, 0.6) is 11.5 Å². The highest BCUT2D eigenvalue weighted by Gasteiger charge is 2.27. The van der Waals surface area contributed by atoms with E-state index >= 15 is 0 Å². The number of amides is 1. The average molecular weight is 499 g/mol. The van der Waals surface area contributed by atoms with Crippen molar-refractivity contribution < 1.29 is 27.1 Å². The van der Waals surface area contributed by atoms with Crippen molar-refractivity contribution >= 4 is 15.7 Å². The Morgan fingerprint density at radius 2 is 1.69 bits per heavy atom. The fourth-order valence-corrected chi connectivity index (χ4v) is 5.44. The van der Waals surface area contributed by atoms with Crippen molar-refractivity contribution in [1.82, 2.24) is 10.2 Å². The van der Waals surface area contributed by atoms with E-state index in [0.717, 1.165) is 37.1 Å². The lowest BCUT2D eigenvalue weighted by Gasteiger charge is -2.28. The van der Waals surface area contributed by atoms with Crippen LogP contribution in [0.4, 0.5) is 0 Å². The zero-order chi connectivity index (χ0) is 25.0. The number of furan rings is 1. The minimum Gasteiger partial charge on any atom is -0.493 e. The fourth-order valence-electron chi connectivity index (χ4n) is 4.27. The molecule has 1 unspecified atom stereocenters. The summed E-state index contributed by atoms with van der Waals surface area (Å²) in [4.78, 5) is 15.3. The van der Waals surface area contributed by atoms with Crippen molar-refractivity contribution in [2.45, 2.75) is 35.8 Å². The Labute approximate surface area is 205 Å². The van der Waals surface area contributed by atoms with Gasteiger partial charge in [0.15, 0.2) is 17.3 Å². The van der Waals surface area contributed by atoms with Crippen molar-refractivity contribution in [3.63, 3.8) is 0 Å². The Morgan fingerprint density at radius 1 is 1.00 bits per heavy atom. The first-order valence-corrected chi connectivity index (χ1v) is 13.0. The van der Waals surface area contributed by atoms with Crippen LogP contribution >= 0.6 is 0 Å². The van der Waals surface area contributed by atoms with Crippen LogP contribution in [0.3, 0.4) is 0 Å². The standard InChI is InChI=1S/C26H30N2O6S/c1-18-6-9-20(10-7-18)35(30,31)25-13-12-23(34-25)26(29)27-17-21(28-14-4-5-15-28)19-8-11-22(32-2)24(16-19)33-3/h6-13,16,21H,4-5,14-15,17H2,1-3H3,(H,27,29). The van der Waals surface area contributed by atoms with Crippen LogP contribution in [0.15, 0.2) is 69.0 Å². The molecule has 1 aliphatic rings. The smallest absolute Gasteiger partial charge is 0.287 e. The Morgan fingerprint density at radius 3 is 2.34 bits per heavy atom. The molecule has 0 spiro atoms. The highest BCUT2D eigenvalue weighted by atomic mass is 32.2. The van der Waals surface area contributed by atoms with Gasteiger partial charge >= 0.3 is 0 Å². The number of nitrogens with zero attached hydrogens (tertiary/aromatic N) is 1. The van der Waals surface area contributed by atoms with Gasteiger partial charge in [-0.05, 0) is 74.8 Å². The summed E-state index contributed by atoms with van der Waals surface area (Å²) in [5.74, 6) is 0.735. The molecule has 1 saturated heterocycles. The minimum absolute atomic E-state index is 0.0526. The summed E-state index contributed by atoms with van der Waals surface area (Å²) in [5, 5.41) is 2.65. The molecule has 4 rings (SSSR count). The van der Waals surface area contributed by atoms with Gasteiger partial charge in [0.1, 0.15) is 0 Å². The molecule has 2 aromatic carbocycles. The molecule has 35 heavy (non-hydrogen) atoms. The summed E-state index contributed by atoms with van der Waals surface area (Å²) in [7, 11) is -0.670. The number of nitrogens with one attached hydrogen (secondary N) is 1. The maximum absolute atomic E-state index is 12.9. The largest absolute Gasteiger partial charge is 0.493 e. The predicted molar refractivity (Wildman–Crippen MR) is 131 cm³/mol. The maximum Gasteiger partial charge on any atom is 0.287 e. The Balaban J connectivity index is 1.51. The average Bonchev–Trinajstić information content (AvgIpc) is 3.57. The summed E-state index contributed by atoms with van der Waals surface area (Å²) in [5.41, 5.74) is 1.94. The lowest BCUT2D eigenvalue weighted by molar-refractivity contribution is 0.0905. The van der Waals surface area contributed by atoms with E-state index in [0.29, 0.717) is 18.0 Å². The van der Waals surface area contributed by atoms with Gasteiger partial charge in [-0.15, -0.1) is 0 Å². The van der Waals surface area contributed by atoms with Gasteiger partial charge in [0.25, 0.3) is 5.91 Å². The fraction of sp³-hybridized carbons (Fsp3) is 0.346. The van der Waals surface area contributed by atoms with Gasteiger partial charge in [-0.2, -0.15) is 0 Å². The van der Waals surface area contributed by atoms with E-state index < -0.39 is 15.7 Å². The number of aryl methyl sites for hydroxylation is 1. The molecule has 1 atom stereocenters. The lowest BCUT2D eigenvalue weighted by Crippen LogP contribution is -2.36. The monoisotopic (exact) mass is 498 g/mol. The van der Waals surface area contributed by atoms with Crippen LogP contribution in [0.25, 0.3) is 0 Å². The highest BCUT2D eigenvalue weighted by molar-refractivity contribution is 7.91. The first-order chi connectivity index (χ1) is 16.8. The zero-order valence-corrected chi connectivity index (χ0v) is 20.9. The van der Waals surface area contributed by atoms with Crippen molar-refractivity contribution in [2.75, 3.05) is 33.9 Å². The molecular weight excluding hydrogens is 468 g/mol. The first-order valence-electron chi connectivity index (χ1n) is 11.5. The third kappa shape index (κ3) is 5.36. The zero-order valence-electron chi connectivity index (χ0n) is 20.1. The van der Waals surface area contributed by atoms with Gasteiger partial charge in [0.2, 0.25) is 14.9 Å². The summed E-state index contributed by atoms with van der Waals surface area (Å²) in [6, 6.07) is 14.9. The summed E-state index contributed by atoms with van der Waals surface area (Å²) in [6.45, 7) is 4.06. The molecule has 2 heterocycles. The van der Waals surface area contributed by atoms with E-state index in [4.69, 9.17) is 13.9 Å². The number of carbonyl (C=O) groups excluding carboxylic acids is 1. The van der Waals surface area contributed by atoms with E-state index in [1.807, 2.05) is 25.1 Å². The second-order valence-electron chi connectivity index (χ2n) is 8.52. The van der Waals surface area contributed by atoms with Gasteiger partial charge in [0.05, 0.1) is 25.2 Å². The number of hydrogen-bond acceptors (Lipinski definition) is 7. The predicted octanol–water partition coefficient (Wildman–Crippen LogP) is 4.00. The second-order valence-corrected chi connectivity index (χ2v) is 10.4. The van der Waals surface area contributed by atoms with Crippen LogP contribution in [-0.4, -0.2) is 53.1 Å². The van der Waals surface area contributed by atoms with Crippen molar-refractivity contribution in [1.29, 1.82) is 0 Å². The molecule has 1 amide bonds. The van der Waals surface area contributed by atoms with E-state index in [2.05, 4.69) is 10.2 Å². The van der Waals surface area contributed by atoms with Crippen molar-refractivity contribution in [2.24, 2.45) is 0 Å². The Kier molecular flexibility index (Phi) is 7.47. The molecular formula is C26H30N2O6S. The molecule has 9 heteroatoms. The molecule has 0 saturated carbocycles. The third-order valence-electron chi connectivity index (χ3n) is 6.23. The second kappa shape index (κ2) is 10.5. The summed E-state index contributed by atoms with van der Waals surface area (Å²) in [6.07, 6.45) is 2.19. The van der Waals surface area contributed by atoms with E-state index in [-0.39, 0.29) is 21.8 Å². The number of rotatable bonds is 9. The van der Waals surface area contributed by atoms with E-state index in [1.54, 1.807) is 26.4 Å². The maximum atomic E-state index is 12.9. The molecule has 1 N–H and O–H groups in total. The highest BCUT2D eigenvalue weighted by Crippen LogP contribution is 2.33. The quantitative estimate of drug-likeness (QED) is 0.476. The number of benzene rings is 2.